The Morgan fingerprint density at radius 2 is 2.05 bits per heavy atom. The molecule has 2 rings (SSSR count). The molecule has 1 aliphatic rings. The van der Waals surface area contributed by atoms with E-state index in [-0.39, 0.29) is 5.91 Å². The first-order chi connectivity index (χ1) is 9.04. The van der Waals surface area contributed by atoms with Crippen molar-refractivity contribution in [3.05, 3.63) is 5.69 Å². The van der Waals surface area contributed by atoms with E-state index in [2.05, 4.69) is 5.10 Å². The van der Waals surface area contributed by atoms with Crippen LogP contribution in [0.2, 0.25) is 0 Å². The summed E-state index contributed by atoms with van der Waals surface area (Å²) in [6, 6.07) is 0. The molecule has 1 amide bonds. The summed E-state index contributed by atoms with van der Waals surface area (Å²) < 4.78 is 1.85. The van der Waals surface area contributed by atoms with Crippen molar-refractivity contribution in [2.45, 2.75) is 33.2 Å². The van der Waals surface area contributed by atoms with Gasteiger partial charge in [-0.25, -0.2) is 4.68 Å². The predicted octanol–water partition coefficient (Wildman–Crippen LogP) is 0.852. The summed E-state index contributed by atoms with van der Waals surface area (Å²) in [5, 5.41) is 4.38. The second kappa shape index (κ2) is 5.50. The summed E-state index contributed by atoms with van der Waals surface area (Å²) in [4.78, 5) is 16.0. The van der Waals surface area contributed by atoms with Gasteiger partial charge in [-0.1, -0.05) is 0 Å². The lowest BCUT2D eigenvalue weighted by atomic mass is 10.3. The fourth-order valence-electron chi connectivity index (χ4n) is 2.55. The molecule has 0 aliphatic carbocycles. The maximum Gasteiger partial charge on any atom is 0.242 e. The van der Waals surface area contributed by atoms with Gasteiger partial charge in [-0.3, -0.25) is 4.79 Å². The van der Waals surface area contributed by atoms with Crippen molar-refractivity contribution in [3.8, 4) is 0 Å². The molecule has 0 unspecified atom stereocenters. The number of hydrogen-bond acceptors (Lipinski definition) is 4. The van der Waals surface area contributed by atoms with Crippen LogP contribution >= 0.6 is 0 Å². The number of nitrogen functional groups attached to an aromatic ring is 1. The van der Waals surface area contributed by atoms with Crippen molar-refractivity contribution < 1.29 is 4.79 Å². The van der Waals surface area contributed by atoms with Crippen molar-refractivity contribution in [2.24, 2.45) is 0 Å². The van der Waals surface area contributed by atoms with Crippen LogP contribution < -0.4 is 10.6 Å². The molecular formula is C13H23N5O. The summed E-state index contributed by atoms with van der Waals surface area (Å²) >= 11 is 0. The van der Waals surface area contributed by atoms with E-state index in [1.165, 1.54) is 0 Å². The van der Waals surface area contributed by atoms with Crippen molar-refractivity contribution in [2.75, 3.05) is 37.3 Å². The van der Waals surface area contributed by atoms with Crippen LogP contribution in [-0.4, -0.2) is 47.3 Å². The van der Waals surface area contributed by atoms with Crippen LogP contribution in [0, 0.1) is 6.92 Å². The average Bonchev–Trinajstić information content (AvgIpc) is 2.98. The highest BCUT2D eigenvalue weighted by atomic mass is 16.2. The molecule has 1 aromatic rings. The lowest BCUT2D eigenvalue weighted by molar-refractivity contribution is -0.128. The Morgan fingerprint density at radius 1 is 1.42 bits per heavy atom. The number of aromatic nitrogens is 2. The molecular weight excluding hydrogens is 242 g/mol. The summed E-state index contributed by atoms with van der Waals surface area (Å²) in [7, 11) is 1.90. The average molecular weight is 265 g/mol. The molecule has 19 heavy (non-hydrogen) atoms. The Morgan fingerprint density at radius 3 is 2.63 bits per heavy atom. The number of carbonyl (C=O) groups excluding carboxylic acids is 1. The van der Waals surface area contributed by atoms with Gasteiger partial charge in [-0.2, -0.15) is 5.10 Å². The smallest absolute Gasteiger partial charge is 0.242 e. The normalized spacial score (nSPS) is 15.0. The van der Waals surface area contributed by atoms with Crippen molar-refractivity contribution in [3.63, 3.8) is 0 Å². The van der Waals surface area contributed by atoms with E-state index in [9.17, 15) is 4.79 Å². The van der Waals surface area contributed by atoms with Crippen LogP contribution in [0.3, 0.4) is 0 Å². The number of carbonyl (C=O) groups is 1. The summed E-state index contributed by atoms with van der Waals surface area (Å²) in [5.41, 5.74) is 7.54. The number of rotatable bonds is 4. The number of likely N-dealkylation sites (N-methyl/N-ethyl adjacent to an activating group) is 1. The van der Waals surface area contributed by atoms with Gasteiger partial charge in [-0.15, -0.1) is 0 Å². The van der Waals surface area contributed by atoms with E-state index >= 15 is 0 Å². The maximum absolute atomic E-state index is 12.2. The van der Waals surface area contributed by atoms with E-state index in [4.69, 9.17) is 5.73 Å². The Hall–Kier alpha value is -1.72. The van der Waals surface area contributed by atoms with Gasteiger partial charge < -0.3 is 15.5 Å². The lowest BCUT2D eigenvalue weighted by Crippen LogP contribution is -2.38. The zero-order valence-electron chi connectivity index (χ0n) is 12.0. The van der Waals surface area contributed by atoms with Crippen molar-refractivity contribution in [1.82, 2.24) is 14.7 Å². The quantitative estimate of drug-likeness (QED) is 0.876. The summed E-state index contributed by atoms with van der Waals surface area (Å²) in [6.07, 6.45) is 2.23. The molecule has 6 nitrogen and oxygen atoms in total. The molecule has 0 bridgehead atoms. The summed E-state index contributed by atoms with van der Waals surface area (Å²) in [5.74, 6) is 1.01. The van der Waals surface area contributed by atoms with Crippen LogP contribution in [-0.2, 0) is 11.3 Å². The molecule has 0 radical (unpaired) electrons. The van der Waals surface area contributed by atoms with Crippen LogP contribution in [0.5, 0.6) is 0 Å². The largest absolute Gasteiger partial charge is 0.394 e. The van der Waals surface area contributed by atoms with Gasteiger partial charge in [0.2, 0.25) is 5.91 Å². The molecule has 1 aliphatic heterocycles. The first-order valence-corrected chi connectivity index (χ1v) is 6.86. The molecule has 0 atom stereocenters. The lowest BCUT2D eigenvalue weighted by Gasteiger charge is -2.23. The minimum Gasteiger partial charge on any atom is -0.394 e. The molecule has 1 aromatic heterocycles. The molecule has 1 saturated heterocycles. The number of anilines is 2. The molecule has 1 fully saturated rings. The van der Waals surface area contributed by atoms with Gasteiger partial charge >= 0.3 is 0 Å². The minimum absolute atomic E-state index is 0.168. The highest BCUT2D eigenvalue weighted by Crippen LogP contribution is 2.25. The molecule has 6 heteroatoms. The number of hydrogen-bond donors (Lipinski definition) is 1. The van der Waals surface area contributed by atoms with Crippen LogP contribution in [0.25, 0.3) is 0 Å². The van der Waals surface area contributed by atoms with E-state index in [1.807, 2.05) is 35.4 Å². The second-order valence-corrected chi connectivity index (χ2v) is 5.08. The topological polar surface area (TPSA) is 67.4 Å². The first-order valence-electron chi connectivity index (χ1n) is 6.86. The Balaban J connectivity index is 2.10. The van der Waals surface area contributed by atoms with Gasteiger partial charge in [0.05, 0.1) is 17.9 Å². The third kappa shape index (κ3) is 2.67. The standard InChI is InChI=1S/C13H23N5O/c1-4-18-13(12(14)10(2)15-18)16(3)9-11(19)17-7-5-6-8-17/h4-9,14H2,1-3H3. The number of likely N-dealkylation sites (tertiary alicyclic amines) is 1. The first kappa shape index (κ1) is 13.7. The highest BCUT2D eigenvalue weighted by Gasteiger charge is 2.22. The van der Waals surface area contributed by atoms with E-state index in [0.29, 0.717) is 12.2 Å². The number of amides is 1. The van der Waals surface area contributed by atoms with Gasteiger partial charge in [0.1, 0.15) is 0 Å². The molecule has 0 spiro atoms. The Bertz CT molecular complexity index is 462. The fraction of sp³-hybridized carbons (Fsp3) is 0.692. The molecule has 0 saturated carbocycles. The number of aryl methyl sites for hydroxylation is 2. The fourth-order valence-corrected chi connectivity index (χ4v) is 2.55. The maximum atomic E-state index is 12.2. The predicted molar refractivity (Wildman–Crippen MR) is 76.1 cm³/mol. The summed E-state index contributed by atoms with van der Waals surface area (Å²) in [6.45, 7) is 6.78. The third-order valence-corrected chi connectivity index (χ3v) is 3.64. The monoisotopic (exact) mass is 265 g/mol. The van der Waals surface area contributed by atoms with Gasteiger partial charge in [0, 0.05) is 26.7 Å². The van der Waals surface area contributed by atoms with E-state index < -0.39 is 0 Å². The van der Waals surface area contributed by atoms with Gasteiger partial charge in [-0.05, 0) is 26.7 Å². The zero-order chi connectivity index (χ0) is 14.0. The number of nitrogens with zero attached hydrogens (tertiary/aromatic N) is 4. The van der Waals surface area contributed by atoms with E-state index in [0.717, 1.165) is 44.0 Å². The van der Waals surface area contributed by atoms with Gasteiger partial charge in [0.25, 0.3) is 0 Å². The Labute approximate surface area is 114 Å². The minimum atomic E-state index is 0.168. The van der Waals surface area contributed by atoms with E-state index in [1.54, 1.807) is 0 Å². The van der Waals surface area contributed by atoms with Crippen LogP contribution in [0.1, 0.15) is 25.5 Å². The van der Waals surface area contributed by atoms with Crippen LogP contribution in [0.4, 0.5) is 11.5 Å². The highest BCUT2D eigenvalue weighted by molar-refractivity contribution is 5.82. The van der Waals surface area contributed by atoms with Gasteiger partial charge in [0.15, 0.2) is 5.82 Å². The van der Waals surface area contributed by atoms with Crippen LogP contribution in [0.15, 0.2) is 0 Å². The van der Waals surface area contributed by atoms with Crippen molar-refractivity contribution in [1.29, 1.82) is 0 Å². The number of nitrogens with two attached hydrogens (primary N) is 1. The van der Waals surface area contributed by atoms with Crippen molar-refractivity contribution >= 4 is 17.4 Å². The second-order valence-electron chi connectivity index (χ2n) is 5.08. The SMILES string of the molecule is CCn1nc(C)c(N)c1N(C)CC(=O)N1CCCC1. The third-order valence-electron chi connectivity index (χ3n) is 3.64. The molecule has 106 valence electrons. The molecule has 2 heterocycles. The Kier molecular flexibility index (Phi) is 3.97. The zero-order valence-corrected chi connectivity index (χ0v) is 12.0. The molecule has 2 N–H and O–H groups in total. The molecule has 0 aromatic carbocycles.